The maximum absolute atomic E-state index is 14.1. The number of sulfonamides is 1. The van der Waals surface area contributed by atoms with Gasteiger partial charge in [0.15, 0.2) is 0 Å². The Hall–Kier alpha value is -2.36. The zero-order chi connectivity index (χ0) is 19.4. The maximum Gasteiger partial charge on any atom is 0.256 e. The van der Waals surface area contributed by atoms with Crippen LogP contribution in [0.4, 0.5) is 4.39 Å². The SMILES string of the molecule is CNS(=O)(=O)c1ccc(F)c(C(=O)N2CCN(Cc3ccccn3)CC2)c1. The molecule has 0 radical (unpaired) electrons. The molecule has 27 heavy (non-hydrogen) atoms. The number of pyridine rings is 1. The van der Waals surface area contributed by atoms with Crippen LogP contribution >= 0.6 is 0 Å². The molecule has 1 amide bonds. The molecule has 144 valence electrons. The molecular formula is C18H21FN4O3S. The predicted molar refractivity (Wildman–Crippen MR) is 98.1 cm³/mol. The van der Waals surface area contributed by atoms with Crippen molar-refractivity contribution in [2.24, 2.45) is 0 Å². The molecule has 0 aliphatic carbocycles. The van der Waals surface area contributed by atoms with Crippen LogP contribution in [0.5, 0.6) is 0 Å². The zero-order valence-electron chi connectivity index (χ0n) is 14.9. The smallest absolute Gasteiger partial charge is 0.256 e. The van der Waals surface area contributed by atoms with E-state index in [0.29, 0.717) is 32.7 Å². The van der Waals surface area contributed by atoms with Gasteiger partial charge in [0.1, 0.15) is 5.82 Å². The van der Waals surface area contributed by atoms with Gasteiger partial charge in [-0.15, -0.1) is 0 Å². The van der Waals surface area contributed by atoms with Crippen LogP contribution in [0.1, 0.15) is 16.1 Å². The zero-order valence-corrected chi connectivity index (χ0v) is 15.7. The van der Waals surface area contributed by atoms with Crippen molar-refractivity contribution >= 4 is 15.9 Å². The number of aromatic nitrogens is 1. The highest BCUT2D eigenvalue weighted by Crippen LogP contribution is 2.18. The van der Waals surface area contributed by atoms with Gasteiger partial charge in [0.05, 0.1) is 16.2 Å². The van der Waals surface area contributed by atoms with Crippen molar-refractivity contribution in [1.29, 1.82) is 0 Å². The van der Waals surface area contributed by atoms with Gasteiger partial charge in [0.2, 0.25) is 10.0 Å². The Labute approximate surface area is 157 Å². The molecule has 1 saturated heterocycles. The second kappa shape index (κ2) is 8.12. The first kappa shape index (κ1) is 19.4. The first-order chi connectivity index (χ1) is 12.9. The number of benzene rings is 1. The van der Waals surface area contributed by atoms with Gasteiger partial charge in [-0.05, 0) is 37.4 Å². The summed E-state index contributed by atoms with van der Waals surface area (Å²) >= 11 is 0. The van der Waals surface area contributed by atoms with Crippen molar-refractivity contribution in [3.8, 4) is 0 Å². The molecule has 1 aliphatic heterocycles. The highest BCUT2D eigenvalue weighted by atomic mass is 32.2. The van der Waals surface area contributed by atoms with Crippen molar-refractivity contribution in [3.05, 3.63) is 59.7 Å². The fourth-order valence-corrected chi connectivity index (χ4v) is 3.71. The molecule has 0 spiro atoms. The number of rotatable bonds is 5. The fraction of sp³-hybridized carbons (Fsp3) is 0.333. The van der Waals surface area contributed by atoms with E-state index in [1.54, 1.807) is 11.1 Å². The van der Waals surface area contributed by atoms with Gasteiger partial charge in [0, 0.05) is 38.9 Å². The Bertz CT molecular complexity index is 913. The van der Waals surface area contributed by atoms with E-state index in [-0.39, 0.29) is 10.5 Å². The molecule has 1 aliphatic rings. The lowest BCUT2D eigenvalue weighted by atomic mass is 10.1. The quantitative estimate of drug-likeness (QED) is 0.824. The van der Waals surface area contributed by atoms with Crippen molar-refractivity contribution in [2.75, 3.05) is 33.2 Å². The van der Waals surface area contributed by atoms with Crippen LogP contribution in [0.15, 0.2) is 47.5 Å². The van der Waals surface area contributed by atoms with E-state index in [4.69, 9.17) is 0 Å². The lowest BCUT2D eigenvalue weighted by Gasteiger charge is -2.34. The minimum atomic E-state index is -3.75. The number of carbonyl (C=O) groups is 1. The molecule has 1 aromatic heterocycles. The second-order valence-electron chi connectivity index (χ2n) is 6.24. The van der Waals surface area contributed by atoms with Gasteiger partial charge in [-0.25, -0.2) is 17.5 Å². The van der Waals surface area contributed by atoms with Gasteiger partial charge >= 0.3 is 0 Å². The van der Waals surface area contributed by atoms with E-state index in [9.17, 15) is 17.6 Å². The van der Waals surface area contributed by atoms with Crippen LogP contribution in [0.3, 0.4) is 0 Å². The Morgan fingerprint density at radius 3 is 2.56 bits per heavy atom. The van der Waals surface area contributed by atoms with Gasteiger partial charge in [-0.2, -0.15) is 0 Å². The number of carbonyl (C=O) groups excluding carboxylic acids is 1. The molecule has 1 aromatic carbocycles. The van der Waals surface area contributed by atoms with Gasteiger partial charge in [-0.3, -0.25) is 14.7 Å². The molecule has 0 bridgehead atoms. The van der Waals surface area contributed by atoms with Gasteiger partial charge < -0.3 is 4.90 Å². The lowest BCUT2D eigenvalue weighted by Crippen LogP contribution is -2.48. The summed E-state index contributed by atoms with van der Waals surface area (Å²) in [4.78, 5) is 20.6. The summed E-state index contributed by atoms with van der Waals surface area (Å²) in [6.07, 6.45) is 1.74. The number of hydrogen-bond acceptors (Lipinski definition) is 5. The van der Waals surface area contributed by atoms with Crippen molar-refractivity contribution in [2.45, 2.75) is 11.4 Å². The summed E-state index contributed by atoms with van der Waals surface area (Å²) in [5.41, 5.74) is 0.720. The first-order valence-corrected chi connectivity index (χ1v) is 10.0. The third kappa shape index (κ3) is 4.49. The summed E-state index contributed by atoms with van der Waals surface area (Å²) in [6.45, 7) is 2.84. The van der Waals surface area contributed by atoms with E-state index in [0.717, 1.165) is 23.9 Å². The van der Waals surface area contributed by atoms with Crippen LogP contribution in [0.2, 0.25) is 0 Å². The number of amides is 1. The fourth-order valence-electron chi connectivity index (χ4n) is 2.95. The normalized spacial score (nSPS) is 15.7. The van der Waals surface area contributed by atoms with Gasteiger partial charge in [-0.1, -0.05) is 6.07 Å². The number of nitrogens with zero attached hydrogens (tertiary/aromatic N) is 3. The highest BCUT2D eigenvalue weighted by molar-refractivity contribution is 7.89. The molecule has 9 heteroatoms. The standard InChI is InChI=1S/C18H21FN4O3S/c1-20-27(25,26)15-5-6-17(19)16(12-15)18(24)23-10-8-22(9-11-23)13-14-4-2-3-7-21-14/h2-7,12,20H,8-11,13H2,1H3. The Balaban J connectivity index is 1.68. The summed E-state index contributed by atoms with van der Waals surface area (Å²) in [6, 6.07) is 8.97. The van der Waals surface area contributed by atoms with Crippen molar-refractivity contribution < 1.29 is 17.6 Å². The Morgan fingerprint density at radius 2 is 1.93 bits per heavy atom. The molecule has 0 saturated carbocycles. The van der Waals surface area contributed by atoms with E-state index in [1.165, 1.54) is 7.05 Å². The molecule has 0 atom stereocenters. The molecule has 1 fully saturated rings. The largest absolute Gasteiger partial charge is 0.336 e. The number of nitrogens with one attached hydrogen (secondary N) is 1. The molecule has 2 heterocycles. The third-order valence-corrected chi connectivity index (χ3v) is 5.93. The topological polar surface area (TPSA) is 82.6 Å². The minimum Gasteiger partial charge on any atom is -0.336 e. The molecule has 1 N–H and O–H groups in total. The lowest BCUT2D eigenvalue weighted by molar-refractivity contribution is 0.0622. The number of hydrogen-bond donors (Lipinski definition) is 1. The van der Waals surface area contributed by atoms with Crippen LogP contribution in [-0.4, -0.2) is 62.3 Å². The van der Waals surface area contributed by atoms with E-state index in [2.05, 4.69) is 14.6 Å². The maximum atomic E-state index is 14.1. The molecular weight excluding hydrogens is 371 g/mol. The summed E-state index contributed by atoms with van der Waals surface area (Å²) in [5.74, 6) is -1.23. The summed E-state index contributed by atoms with van der Waals surface area (Å²) in [7, 11) is -2.48. The second-order valence-corrected chi connectivity index (χ2v) is 8.13. The molecule has 0 unspecified atom stereocenters. The van der Waals surface area contributed by atoms with E-state index < -0.39 is 21.7 Å². The van der Waals surface area contributed by atoms with Crippen LogP contribution < -0.4 is 4.72 Å². The van der Waals surface area contributed by atoms with Crippen LogP contribution in [-0.2, 0) is 16.6 Å². The summed E-state index contributed by atoms with van der Waals surface area (Å²) < 4.78 is 40.1. The van der Waals surface area contributed by atoms with Crippen LogP contribution in [0, 0.1) is 5.82 Å². The average molecular weight is 392 g/mol. The van der Waals surface area contributed by atoms with Crippen LogP contribution in [0.25, 0.3) is 0 Å². The highest BCUT2D eigenvalue weighted by Gasteiger charge is 2.26. The van der Waals surface area contributed by atoms with E-state index in [1.807, 2.05) is 18.2 Å². The molecule has 2 aromatic rings. The van der Waals surface area contributed by atoms with Gasteiger partial charge in [0.25, 0.3) is 5.91 Å². The third-order valence-electron chi connectivity index (χ3n) is 4.52. The Morgan fingerprint density at radius 1 is 1.19 bits per heavy atom. The molecule has 7 nitrogen and oxygen atoms in total. The first-order valence-electron chi connectivity index (χ1n) is 8.55. The predicted octanol–water partition coefficient (Wildman–Crippen LogP) is 1.09. The van der Waals surface area contributed by atoms with Crippen molar-refractivity contribution in [3.63, 3.8) is 0 Å². The van der Waals surface area contributed by atoms with Crippen molar-refractivity contribution in [1.82, 2.24) is 19.5 Å². The Kier molecular flexibility index (Phi) is 5.83. The average Bonchev–Trinajstić information content (AvgIpc) is 2.69. The van der Waals surface area contributed by atoms with E-state index >= 15 is 0 Å². The summed E-state index contributed by atoms with van der Waals surface area (Å²) in [5, 5.41) is 0. The number of halogens is 1. The monoisotopic (exact) mass is 392 g/mol. The molecule has 3 rings (SSSR count). The minimum absolute atomic E-state index is 0.136. The number of piperazine rings is 1.